The second-order valence-corrected chi connectivity index (χ2v) is 4.91. The molecule has 2 aromatic rings. The monoisotopic (exact) mass is 263 g/mol. The standard InChI is InChI=1S/C14H17NO2S/c1-10(15)14(11-6-7-18-9-11)17-13-5-3-4-12(8-13)16-2/h3-10,14H,15H2,1-2H3. The first-order valence-electron chi connectivity index (χ1n) is 5.79. The Morgan fingerprint density at radius 3 is 2.61 bits per heavy atom. The summed E-state index contributed by atoms with van der Waals surface area (Å²) in [7, 11) is 1.64. The second kappa shape index (κ2) is 5.89. The predicted molar refractivity (Wildman–Crippen MR) is 74.3 cm³/mol. The average molecular weight is 263 g/mol. The summed E-state index contributed by atoms with van der Waals surface area (Å²) in [6, 6.07) is 9.52. The van der Waals surface area contributed by atoms with Crippen LogP contribution < -0.4 is 15.2 Å². The lowest BCUT2D eigenvalue weighted by Gasteiger charge is -2.22. The van der Waals surface area contributed by atoms with Crippen LogP contribution in [0.2, 0.25) is 0 Å². The van der Waals surface area contributed by atoms with Gasteiger partial charge in [-0.3, -0.25) is 0 Å². The highest BCUT2D eigenvalue weighted by Gasteiger charge is 2.18. The van der Waals surface area contributed by atoms with Gasteiger partial charge in [-0.05, 0) is 35.9 Å². The van der Waals surface area contributed by atoms with E-state index in [2.05, 4.69) is 5.38 Å². The second-order valence-electron chi connectivity index (χ2n) is 4.13. The van der Waals surface area contributed by atoms with Gasteiger partial charge in [0, 0.05) is 17.7 Å². The molecule has 0 aliphatic carbocycles. The molecule has 96 valence electrons. The summed E-state index contributed by atoms with van der Waals surface area (Å²) in [5.41, 5.74) is 7.10. The molecule has 0 bridgehead atoms. The minimum Gasteiger partial charge on any atom is -0.497 e. The Morgan fingerprint density at radius 2 is 2.00 bits per heavy atom. The molecule has 2 N–H and O–H groups in total. The summed E-state index contributed by atoms with van der Waals surface area (Å²) >= 11 is 1.64. The number of nitrogens with two attached hydrogens (primary N) is 1. The van der Waals surface area contributed by atoms with E-state index in [-0.39, 0.29) is 12.1 Å². The van der Waals surface area contributed by atoms with Gasteiger partial charge < -0.3 is 15.2 Å². The molecule has 0 spiro atoms. The van der Waals surface area contributed by atoms with E-state index in [9.17, 15) is 0 Å². The predicted octanol–water partition coefficient (Wildman–Crippen LogP) is 3.22. The quantitative estimate of drug-likeness (QED) is 0.900. The summed E-state index contributed by atoms with van der Waals surface area (Å²) in [6.45, 7) is 1.95. The fourth-order valence-corrected chi connectivity index (χ4v) is 2.42. The summed E-state index contributed by atoms with van der Waals surface area (Å²) in [6.07, 6.45) is -0.136. The van der Waals surface area contributed by atoms with Gasteiger partial charge in [-0.2, -0.15) is 11.3 Å². The van der Waals surface area contributed by atoms with Gasteiger partial charge in [0.05, 0.1) is 7.11 Å². The van der Waals surface area contributed by atoms with Crippen LogP contribution >= 0.6 is 11.3 Å². The van der Waals surface area contributed by atoms with Crippen LogP contribution in [-0.4, -0.2) is 13.2 Å². The van der Waals surface area contributed by atoms with Gasteiger partial charge in [-0.25, -0.2) is 0 Å². The van der Waals surface area contributed by atoms with Gasteiger partial charge in [-0.15, -0.1) is 0 Å². The lowest BCUT2D eigenvalue weighted by Crippen LogP contribution is -2.28. The fourth-order valence-electron chi connectivity index (χ4n) is 1.74. The van der Waals surface area contributed by atoms with E-state index in [0.717, 1.165) is 17.1 Å². The molecule has 18 heavy (non-hydrogen) atoms. The van der Waals surface area contributed by atoms with Crippen molar-refractivity contribution < 1.29 is 9.47 Å². The molecular formula is C14H17NO2S. The van der Waals surface area contributed by atoms with Crippen LogP contribution in [0, 0.1) is 0 Å². The van der Waals surface area contributed by atoms with Crippen molar-refractivity contribution in [2.75, 3.05) is 7.11 Å². The lowest BCUT2D eigenvalue weighted by molar-refractivity contribution is 0.180. The van der Waals surface area contributed by atoms with Crippen molar-refractivity contribution in [3.8, 4) is 11.5 Å². The number of methoxy groups -OCH3 is 1. The van der Waals surface area contributed by atoms with Crippen LogP contribution in [0.5, 0.6) is 11.5 Å². The summed E-state index contributed by atoms with van der Waals surface area (Å²) in [4.78, 5) is 0. The van der Waals surface area contributed by atoms with Crippen molar-refractivity contribution in [3.63, 3.8) is 0 Å². The lowest BCUT2D eigenvalue weighted by atomic mass is 10.1. The zero-order valence-corrected chi connectivity index (χ0v) is 11.3. The number of hydrogen-bond acceptors (Lipinski definition) is 4. The zero-order chi connectivity index (χ0) is 13.0. The van der Waals surface area contributed by atoms with Crippen LogP contribution in [0.1, 0.15) is 18.6 Å². The van der Waals surface area contributed by atoms with Crippen molar-refractivity contribution in [2.24, 2.45) is 5.73 Å². The van der Waals surface area contributed by atoms with Crippen LogP contribution in [0.25, 0.3) is 0 Å². The van der Waals surface area contributed by atoms with Gasteiger partial charge >= 0.3 is 0 Å². The van der Waals surface area contributed by atoms with Gasteiger partial charge in [0.1, 0.15) is 17.6 Å². The Kier molecular flexibility index (Phi) is 4.23. The van der Waals surface area contributed by atoms with Gasteiger partial charge in [0.15, 0.2) is 0 Å². The van der Waals surface area contributed by atoms with Gasteiger partial charge in [0.25, 0.3) is 0 Å². The molecule has 2 unspecified atom stereocenters. The van der Waals surface area contributed by atoms with Crippen molar-refractivity contribution in [1.82, 2.24) is 0 Å². The van der Waals surface area contributed by atoms with E-state index < -0.39 is 0 Å². The van der Waals surface area contributed by atoms with Crippen LogP contribution in [0.15, 0.2) is 41.1 Å². The average Bonchev–Trinajstić information content (AvgIpc) is 2.89. The molecule has 2 rings (SSSR count). The molecule has 0 radical (unpaired) electrons. The Morgan fingerprint density at radius 1 is 1.22 bits per heavy atom. The molecule has 1 heterocycles. The molecule has 0 saturated heterocycles. The fraction of sp³-hybridized carbons (Fsp3) is 0.286. The first kappa shape index (κ1) is 12.9. The largest absolute Gasteiger partial charge is 0.497 e. The van der Waals surface area contributed by atoms with Crippen LogP contribution in [0.4, 0.5) is 0 Å². The summed E-state index contributed by atoms with van der Waals surface area (Å²) < 4.78 is 11.1. The first-order valence-corrected chi connectivity index (χ1v) is 6.73. The molecule has 3 nitrogen and oxygen atoms in total. The number of ether oxygens (including phenoxy) is 2. The molecular weight excluding hydrogens is 246 g/mol. The highest BCUT2D eigenvalue weighted by atomic mass is 32.1. The third-order valence-electron chi connectivity index (χ3n) is 2.65. The maximum absolute atomic E-state index is 5.99. The van der Waals surface area contributed by atoms with E-state index >= 15 is 0 Å². The Labute approximate surface area is 111 Å². The Balaban J connectivity index is 2.18. The Hall–Kier alpha value is -1.52. The van der Waals surface area contributed by atoms with Crippen molar-refractivity contribution in [2.45, 2.75) is 19.1 Å². The Bertz CT molecular complexity index is 482. The normalized spacial score (nSPS) is 13.9. The van der Waals surface area contributed by atoms with E-state index in [0.29, 0.717) is 0 Å². The highest BCUT2D eigenvalue weighted by molar-refractivity contribution is 7.07. The molecule has 0 fully saturated rings. The SMILES string of the molecule is COc1cccc(OC(c2ccsc2)C(C)N)c1. The molecule has 1 aromatic carbocycles. The highest BCUT2D eigenvalue weighted by Crippen LogP contribution is 2.27. The van der Waals surface area contributed by atoms with Crippen molar-refractivity contribution >= 4 is 11.3 Å². The van der Waals surface area contributed by atoms with Crippen LogP contribution in [-0.2, 0) is 0 Å². The smallest absolute Gasteiger partial charge is 0.139 e. The van der Waals surface area contributed by atoms with E-state index in [4.69, 9.17) is 15.2 Å². The maximum atomic E-state index is 5.99. The molecule has 0 aliphatic heterocycles. The maximum Gasteiger partial charge on any atom is 0.139 e. The van der Waals surface area contributed by atoms with Crippen molar-refractivity contribution in [1.29, 1.82) is 0 Å². The topological polar surface area (TPSA) is 44.5 Å². The third kappa shape index (κ3) is 3.03. The molecule has 0 aliphatic rings. The minimum atomic E-state index is -0.136. The number of benzene rings is 1. The number of thiophene rings is 1. The molecule has 4 heteroatoms. The van der Waals surface area contributed by atoms with Crippen molar-refractivity contribution in [3.05, 3.63) is 46.7 Å². The molecule has 0 amide bonds. The van der Waals surface area contributed by atoms with E-state index in [1.807, 2.05) is 42.6 Å². The van der Waals surface area contributed by atoms with Gasteiger partial charge in [0.2, 0.25) is 0 Å². The molecule has 1 aromatic heterocycles. The zero-order valence-electron chi connectivity index (χ0n) is 10.5. The number of rotatable bonds is 5. The molecule has 0 saturated carbocycles. The van der Waals surface area contributed by atoms with Crippen LogP contribution in [0.3, 0.4) is 0 Å². The van der Waals surface area contributed by atoms with E-state index in [1.165, 1.54) is 0 Å². The van der Waals surface area contributed by atoms with E-state index in [1.54, 1.807) is 18.4 Å². The minimum absolute atomic E-state index is 0.0780. The summed E-state index contributed by atoms with van der Waals surface area (Å²) in [5.74, 6) is 1.55. The van der Waals surface area contributed by atoms with Gasteiger partial charge in [-0.1, -0.05) is 6.07 Å². The first-order chi connectivity index (χ1) is 8.70. The molecule has 2 atom stereocenters. The summed E-state index contributed by atoms with van der Waals surface area (Å²) in [5, 5.41) is 4.09. The number of hydrogen-bond donors (Lipinski definition) is 1. The third-order valence-corrected chi connectivity index (χ3v) is 3.35.